The highest BCUT2D eigenvalue weighted by Crippen LogP contribution is 2.40. The second-order valence-electron chi connectivity index (χ2n) is 10.6. The minimum Gasteiger partial charge on any atom is -0.361 e. The molecule has 3 aliphatic heterocycles. The van der Waals surface area contributed by atoms with E-state index in [1.165, 1.54) is 15.4 Å². The van der Waals surface area contributed by atoms with Gasteiger partial charge in [-0.25, -0.2) is 9.18 Å². The number of nitrogens with zero attached hydrogens (tertiary/aromatic N) is 2. The number of halogens is 1. The standard InChI is InChI=1S/C28H33FN4O4/c1-17(2)18-8-10-20(11-9-18)24(19-6-4-3-5-7-19)31-25(34)23-12-21(29)14-32(23)26(35)28-13-22(15-37-28)33(16-28)27(30)36/h3-11,17,21-24H,12-16H2,1-2H3,(H2,30,36)(H,31,34)/t21-,22?,23+,24+,28+/m1/s1. The predicted molar refractivity (Wildman–Crippen MR) is 135 cm³/mol. The molecule has 2 bridgehead atoms. The Morgan fingerprint density at radius 1 is 1.03 bits per heavy atom. The average Bonchev–Trinajstić information content (AvgIpc) is 3.61. The van der Waals surface area contributed by atoms with Crippen molar-refractivity contribution in [2.45, 2.75) is 62.5 Å². The van der Waals surface area contributed by atoms with Gasteiger partial charge in [0.1, 0.15) is 12.2 Å². The van der Waals surface area contributed by atoms with Crippen molar-refractivity contribution >= 4 is 17.8 Å². The van der Waals surface area contributed by atoms with Crippen LogP contribution in [0.1, 0.15) is 55.3 Å². The van der Waals surface area contributed by atoms with E-state index >= 15 is 0 Å². The van der Waals surface area contributed by atoms with Crippen LogP contribution < -0.4 is 11.1 Å². The van der Waals surface area contributed by atoms with Crippen molar-refractivity contribution in [1.82, 2.24) is 15.1 Å². The maximum atomic E-state index is 14.7. The molecular weight excluding hydrogens is 475 g/mol. The Balaban J connectivity index is 1.39. The summed E-state index contributed by atoms with van der Waals surface area (Å²) in [5.41, 5.74) is 7.15. The van der Waals surface area contributed by atoms with Crippen LogP contribution in [0.2, 0.25) is 0 Å². The molecule has 4 amide bonds. The molecule has 0 radical (unpaired) electrons. The van der Waals surface area contributed by atoms with Gasteiger partial charge in [-0.15, -0.1) is 0 Å². The number of urea groups is 1. The molecule has 0 aliphatic carbocycles. The molecule has 0 saturated carbocycles. The number of ether oxygens (including phenoxy) is 1. The maximum absolute atomic E-state index is 14.7. The Hall–Kier alpha value is -3.46. The van der Waals surface area contributed by atoms with E-state index in [0.29, 0.717) is 12.3 Å². The summed E-state index contributed by atoms with van der Waals surface area (Å²) in [6.45, 7) is 4.26. The van der Waals surface area contributed by atoms with Gasteiger partial charge in [0, 0.05) is 12.8 Å². The molecular formula is C28H33FN4O4. The molecule has 9 heteroatoms. The number of rotatable bonds is 6. The number of alkyl halides is 1. The van der Waals surface area contributed by atoms with Crippen LogP contribution in [-0.4, -0.2) is 71.2 Å². The highest BCUT2D eigenvalue weighted by molar-refractivity contribution is 5.94. The lowest BCUT2D eigenvalue weighted by Crippen LogP contribution is -2.58. The number of nitrogens with two attached hydrogens (primary N) is 1. The van der Waals surface area contributed by atoms with Crippen molar-refractivity contribution in [2.75, 3.05) is 19.7 Å². The molecule has 5 atom stereocenters. The molecule has 1 unspecified atom stereocenters. The third-order valence-electron chi connectivity index (χ3n) is 7.83. The molecule has 2 aromatic rings. The van der Waals surface area contributed by atoms with E-state index in [0.717, 1.165) is 11.1 Å². The second kappa shape index (κ2) is 9.78. The fourth-order valence-corrected chi connectivity index (χ4v) is 5.78. The van der Waals surface area contributed by atoms with Gasteiger partial charge in [0.15, 0.2) is 5.60 Å². The van der Waals surface area contributed by atoms with Crippen LogP contribution in [-0.2, 0) is 14.3 Å². The topological polar surface area (TPSA) is 105 Å². The third kappa shape index (κ3) is 4.68. The van der Waals surface area contributed by atoms with Crippen LogP contribution in [0.3, 0.4) is 0 Å². The molecule has 3 fully saturated rings. The summed E-state index contributed by atoms with van der Waals surface area (Å²) < 4.78 is 20.5. The molecule has 37 heavy (non-hydrogen) atoms. The smallest absolute Gasteiger partial charge is 0.315 e. The first kappa shape index (κ1) is 25.2. The number of morpholine rings is 1. The van der Waals surface area contributed by atoms with Crippen LogP contribution >= 0.6 is 0 Å². The summed E-state index contributed by atoms with van der Waals surface area (Å²) in [5, 5.41) is 3.08. The molecule has 0 aromatic heterocycles. The summed E-state index contributed by atoms with van der Waals surface area (Å²) in [6, 6.07) is 15.3. The fourth-order valence-electron chi connectivity index (χ4n) is 5.78. The molecule has 196 valence electrons. The average molecular weight is 509 g/mol. The van der Waals surface area contributed by atoms with Crippen molar-refractivity contribution < 1.29 is 23.5 Å². The molecule has 5 rings (SSSR count). The molecule has 2 aromatic carbocycles. The Morgan fingerprint density at radius 2 is 1.68 bits per heavy atom. The van der Waals surface area contributed by atoms with E-state index < -0.39 is 41.7 Å². The summed E-state index contributed by atoms with van der Waals surface area (Å²) >= 11 is 0. The van der Waals surface area contributed by atoms with Crippen LogP contribution in [0.5, 0.6) is 0 Å². The third-order valence-corrected chi connectivity index (χ3v) is 7.83. The number of carbonyl (C=O) groups excluding carboxylic acids is 3. The second-order valence-corrected chi connectivity index (χ2v) is 10.6. The summed E-state index contributed by atoms with van der Waals surface area (Å²) in [4.78, 5) is 41.8. The van der Waals surface area contributed by atoms with Crippen molar-refractivity contribution in [1.29, 1.82) is 0 Å². The van der Waals surface area contributed by atoms with Crippen molar-refractivity contribution in [3.8, 4) is 0 Å². The first-order valence-corrected chi connectivity index (χ1v) is 12.8. The van der Waals surface area contributed by atoms with E-state index in [1.54, 1.807) is 0 Å². The Labute approximate surface area is 215 Å². The van der Waals surface area contributed by atoms with Crippen molar-refractivity contribution in [3.63, 3.8) is 0 Å². The van der Waals surface area contributed by atoms with Crippen LogP contribution in [0.4, 0.5) is 9.18 Å². The molecule has 3 aliphatic rings. The number of likely N-dealkylation sites (tertiary alicyclic amines) is 2. The number of hydrogen-bond donors (Lipinski definition) is 2. The SMILES string of the molecule is CC(C)c1ccc([C@@H](NC(=O)[C@@H]2C[C@@H](F)CN2C(=O)[C@@]23CC(CO2)N(C(N)=O)C3)c2ccccc2)cc1. The van der Waals surface area contributed by atoms with Gasteiger partial charge >= 0.3 is 6.03 Å². The van der Waals surface area contributed by atoms with E-state index in [4.69, 9.17) is 10.5 Å². The highest BCUT2D eigenvalue weighted by Gasteiger charge is 2.60. The molecule has 8 nitrogen and oxygen atoms in total. The normalized spacial score (nSPS) is 27.5. The lowest BCUT2D eigenvalue weighted by molar-refractivity contribution is -0.158. The number of amides is 4. The maximum Gasteiger partial charge on any atom is 0.315 e. The van der Waals surface area contributed by atoms with Gasteiger partial charge in [-0.3, -0.25) is 9.59 Å². The molecule has 3 heterocycles. The Bertz CT molecular complexity index is 1170. The van der Waals surface area contributed by atoms with Crippen LogP contribution in [0.25, 0.3) is 0 Å². The monoisotopic (exact) mass is 508 g/mol. The summed E-state index contributed by atoms with van der Waals surface area (Å²) in [6.07, 6.45) is -1.13. The van der Waals surface area contributed by atoms with Gasteiger partial charge in [-0.05, 0) is 22.6 Å². The van der Waals surface area contributed by atoms with Gasteiger partial charge in [-0.2, -0.15) is 0 Å². The first-order chi connectivity index (χ1) is 17.7. The van der Waals surface area contributed by atoms with Gasteiger partial charge in [0.25, 0.3) is 5.91 Å². The number of fused-ring (bicyclic) bond motifs is 2. The van der Waals surface area contributed by atoms with Gasteiger partial charge in [0.2, 0.25) is 5.91 Å². The zero-order valence-corrected chi connectivity index (χ0v) is 21.1. The molecule has 3 saturated heterocycles. The lowest BCUT2D eigenvalue weighted by atomic mass is 9.94. The highest BCUT2D eigenvalue weighted by atomic mass is 19.1. The van der Waals surface area contributed by atoms with Gasteiger partial charge in [-0.1, -0.05) is 68.4 Å². The number of primary amides is 1. The number of nitrogens with one attached hydrogen (secondary N) is 1. The number of carbonyl (C=O) groups is 3. The number of benzene rings is 2. The van der Waals surface area contributed by atoms with E-state index in [2.05, 4.69) is 19.2 Å². The van der Waals surface area contributed by atoms with Crippen molar-refractivity contribution in [2.24, 2.45) is 5.73 Å². The van der Waals surface area contributed by atoms with E-state index in [9.17, 15) is 18.8 Å². The fraction of sp³-hybridized carbons (Fsp3) is 0.464. The largest absolute Gasteiger partial charge is 0.361 e. The number of hydrogen-bond acceptors (Lipinski definition) is 4. The Kier molecular flexibility index (Phi) is 6.66. The molecule has 0 spiro atoms. The lowest BCUT2D eigenvalue weighted by Gasteiger charge is -2.35. The van der Waals surface area contributed by atoms with Gasteiger partial charge in [0.05, 0.1) is 31.8 Å². The van der Waals surface area contributed by atoms with E-state index in [1.807, 2.05) is 54.6 Å². The summed E-state index contributed by atoms with van der Waals surface area (Å²) in [7, 11) is 0. The van der Waals surface area contributed by atoms with Gasteiger partial charge < -0.3 is 25.6 Å². The summed E-state index contributed by atoms with van der Waals surface area (Å²) in [5.74, 6) is -0.515. The minimum atomic E-state index is -1.33. The minimum absolute atomic E-state index is 0.0163. The zero-order chi connectivity index (χ0) is 26.3. The van der Waals surface area contributed by atoms with Crippen molar-refractivity contribution in [3.05, 3.63) is 71.3 Å². The van der Waals surface area contributed by atoms with E-state index in [-0.39, 0.29) is 32.2 Å². The first-order valence-electron chi connectivity index (χ1n) is 12.8. The quantitative estimate of drug-likeness (QED) is 0.626. The van der Waals surface area contributed by atoms with Crippen LogP contribution in [0, 0.1) is 0 Å². The van der Waals surface area contributed by atoms with Crippen LogP contribution in [0.15, 0.2) is 54.6 Å². The molecule has 3 N–H and O–H groups in total. The zero-order valence-electron chi connectivity index (χ0n) is 21.1. The predicted octanol–water partition coefficient (Wildman–Crippen LogP) is 2.88. The Morgan fingerprint density at radius 3 is 2.30 bits per heavy atom.